The third kappa shape index (κ3) is 2.50. The van der Waals surface area contributed by atoms with Gasteiger partial charge in [0.25, 0.3) is 0 Å². The molecule has 2 aromatic carbocycles. The van der Waals surface area contributed by atoms with E-state index in [0.717, 1.165) is 11.3 Å². The molecular formula is C21H21F2N3O2. The van der Waals surface area contributed by atoms with Crippen molar-refractivity contribution in [3.05, 3.63) is 65.7 Å². The highest BCUT2D eigenvalue weighted by molar-refractivity contribution is 5.52. The van der Waals surface area contributed by atoms with Gasteiger partial charge in [0.1, 0.15) is 24.8 Å². The molecule has 0 bridgehead atoms. The van der Waals surface area contributed by atoms with Gasteiger partial charge in [-0.05, 0) is 29.8 Å². The van der Waals surface area contributed by atoms with Crippen molar-refractivity contribution >= 4 is 5.69 Å². The van der Waals surface area contributed by atoms with Crippen LogP contribution in [0.15, 0.2) is 60.2 Å². The van der Waals surface area contributed by atoms with Crippen LogP contribution in [0.2, 0.25) is 0 Å². The number of para-hydroxylation sites is 1. The van der Waals surface area contributed by atoms with Gasteiger partial charge >= 0.3 is 0 Å². The number of rotatable bonds is 3. The highest BCUT2D eigenvalue weighted by Crippen LogP contribution is 2.50. The molecule has 1 atom stereocenters. The first-order chi connectivity index (χ1) is 13.6. The molecule has 1 fully saturated rings. The first kappa shape index (κ1) is 17.5. The highest BCUT2D eigenvalue weighted by Gasteiger charge is 2.52. The number of benzene rings is 2. The molecule has 1 saturated heterocycles. The average Bonchev–Trinajstić information content (AvgIpc) is 3.18. The molecule has 28 heavy (non-hydrogen) atoms. The molecule has 3 aliphatic heterocycles. The van der Waals surface area contributed by atoms with E-state index in [1.54, 1.807) is 12.1 Å². The van der Waals surface area contributed by atoms with Crippen LogP contribution < -0.4 is 9.64 Å². The fourth-order valence-corrected chi connectivity index (χ4v) is 4.39. The summed E-state index contributed by atoms with van der Waals surface area (Å²) in [6.45, 7) is -0.0696. The molecule has 0 radical (unpaired) electrons. The molecule has 0 amide bonds. The van der Waals surface area contributed by atoms with Crippen LogP contribution in [0.4, 0.5) is 14.5 Å². The van der Waals surface area contributed by atoms with Crippen molar-refractivity contribution in [2.45, 2.75) is 11.6 Å². The van der Waals surface area contributed by atoms with Crippen molar-refractivity contribution in [1.29, 1.82) is 0 Å². The van der Waals surface area contributed by atoms with Crippen molar-refractivity contribution < 1.29 is 18.6 Å². The summed E-state index contributed by atoms with van der Waals surface area (Å²) in [4.78, 5) is 2.22. The monoisotopic (exact) mass is 385 g/mol. The Labute approximate surface area is 162 Å². The molecule has 2 aromatic rings. The van der Waals surface area contributed by atoms with Crippen LogP contribution in [0.1, 0.15) is 11.6 Å². The normalized spacial score (nSPS) is 23.4. The number of alkyl halides is 2. The zero-order chi connectivity index (χ0) is 19.3. The lowest BCUT2D eigenvalue weighted by Crippen LogP contribution is -2.55. The molecule has 1 N–H and O–H groups in total. The second-order valence-corrected chi connectivity index (χ2v) is 7.43. The average molecular weight is 385 g/mol. The summed E-state index contributed by atoms with van der Waals surface area (Å²) >= 11 is 0. The van der Waals surface area contributed by atoms with Crippen LogP contribution in [0.25, 0.3) is 0 Å². The Morgan fingerprint density at radius 3 is 2.61 bits per heavy atom. The molecule has 0 aromatic heterocycles. The Bertz CT molecular complexity index is 917. The minimum absolute atomic E-state index is 0.0118. The summed E-state index contributed by atoms with van der Waals surface area (Å²) in [7, 11) is 0. The third-order valence-electron chi connectivity index (χ3n) is 5.80. The topological polar surface area (TPSA) is 39.2 Å². The Morgan fingerprint density at radius 1 is 1.07 bits per heavy atom. The van der Waals surface area contributed by atoms with Gasteiger partial charge in [-0.3, -0.25) is 0 Å². The van der Waals surface area contributed by atoms with Gasteiger partial charge in [0.05, 0.1) is 19.4 Å². The number of nitrogens with zero attached hydrogens (tertiary/aromatic N) is 3. The SMILES string of the molecule is Oc1ccc2c(c1)OC(CF)(CF)C1=CCN3CN(c4ccccc4)CN3C12. The zero-order valence-corrected chi connectivity index (χ0v) is 15.3. The van der Waals surface area contributed by atoms with Gasteiger partial charge in [0.2, 0.25) is 0 Å². The van der Waals surface area contributed by atoms with Gasteiger partial charge in [-0.1, -0.05) is 24.3 Å². The zero-order valence-electron chi connectivity index (χ0n) is 15.3. The van der Waals surface area contributed by atoms with Gasteiger partial charge in [0.15, 0.2) is 5.60 Å². The summed E-state index contributed by atoms with van der Waals surface area (Å²) in [5, 5.41) is 14.2. The lowest BCUT2D eigenvalue weighted by atomic mass is 9.81. The molecule has 5 nitrogen and oxygen atoms in total. The van der Waals surface area contributed by atoms with Crippen LogP contribution in [-0.2, 0) is 0 Å². The lowest BCUT2D eigenvalue weighted by molar-refractivity contribution is -0.0477. The van der Waals surface area contributed by atoms with Crippen LogP contribution in [-0.4, -0.2) is 54.0 Å². The number of phenols is 1. The second kappa shape index (κ2) is 6.46. The second-order valence-electron chi connectivity index (χ2n) is 7.43. The van der Waals surface area contributed by atoms with Gasteiger partial charge in [-0.25, -0.2) is 18.8 Å². The quantitative estimate of drug-likeness (QED) is 0.820. The van der Waals surface area contributed by atoms with Gasteiger partial charge in [-0.15, -0.1) is 0 Å². The maximum Gasteiger partial charge on any atom is 0.188 e. The number of hydrazine groups is 1. The first-order valence-electron chi connectivity index (χ1n) is 9.31. The fraction of sp³-hybridized carbons (Fsp3) is 0.333. The van der Waals surface area contributed by atoms with Crippen molar-refractivity contribution in [1.82, 2.24) is 10.0 Å². The van der Waals surface area contributed by atoms with Crippen molar-refractivity contribution in [3.63, 3.8) is 0 Å². The predicted molar refractivity (Wildman–Crippen MR) is 101 cm³/mol. The highest BCUT2D eigenvalue weighted by atomic mass is 19.1. The summed E-state index contributed by atoms with van der Waals surface area (Å²) in [6, 6.07) is 14.5. The van der Waals surface area contributed by atoms with Gasteiger partial charge < -0.3 is 14.7 Å². The largest absolute Gasteiger partial charge is 0.508 e. The third-order valence-corrected chi connectivity index (χ3v) is 5.80. The van der Waals surface area contributed by atoms with Gasteiger partial charge in [-0.2, -0.15) is 0 Å². The molecular weight excluding hydrogens is 364 g/mol. The number of phenolic OH excluding ortho intramolecular Hbond substituents is 1. The molecule has 7 heteroatoms. The van der Waals surface area contributed by atoms with E-state index in [1.165, 1.54) is 6.07 Å². The number of aromatic hydroxyl groups is 1. The number of fused-ring (bicyclic) bond motifs is 5. The molecule has 3 heterocycles. The predicted octanol–water partition coefficient (Wildman–Crippen LogP) is 3.40. The van der Waals surface area contributed by atoms with E-state index in [2.05, 4.69) is 27.1 Å². The number of hydrogen-bond donors (Lipinski definition) is 1. The van der Waals surface area contributed by atoms with E-state index in [1.807, 2.05) is 24.3 Å². The minimum atomic E-state index is -1.64. The van der Waals surface area contributed by atoms with E-state index in [4.69, 9.17) is 4.74 Å². The van der Waals surface area contributed by atoms with Gasteiger partial charge in [0, 0.05) is 23.9 Å². The molecule has 0 aliphatic carbocycles. The molecule has 0 saturated carbocycles. The maximum atomic E-state index is 14.1. The van der Waals surface area contributed by atoms with Crippen LogP contribution >= 0.6 is 0 Å². The Hall–Kier alpha value is -2.64. The molecule has 5 rings (SSSR count). The van der Waals surface area contributed by atoms with Crippen LogP contribution in [0.3, 0.4) is 0 Å². The molecule has 146 valence electrons. The summed E-state index contributed by atoms with van der Waals surface area (Å²) in [6.07, 6.45) is 1.89. The first-order valence-corrected chi connectivity index (χ1v) is 9.31. The molecule has 1 unspecified atom stereocenters. The summed E-state index contributed by atoms with van der Waals surface area (Å²) < 4.78 is 33.9. The number of anilines is 1. The van der Waals surface area contributed by atoms with E-state index in [-0.39, 0.29) is 11.8 Å². The smallest absolute Gasteiger partial charge is 0.188 e. The van der Waals surface area contributed by atoms with Crippen molar-refractivity contribution in [3.8, 4) is 11.5 Å². The van der Waals surface area contributed by atoms with Crippen LogP contribution in [0.5, 0.6) is 11.5 Å². The van der Waals surface area contributed by atoms with Crippen molar-refractivity contribution in [2.24, 2.45) is 0 Å². The van der Waals surface area contributed by atoms with E-state index >= 15 is 0 Å². The standard InChI is InChI=1S/C21H21F2N3O2/c22-11-21(12-23)18-8-9-25-13-24(15-4-2-1-3-5-15)14-26(25)20(18)17-7-6-16(27)10-19(17)28-21/h1-8,10,20,27H,9,11-14H2. The lowest BCUT2D eigenvalue weighted by Gasteiger charge is -2.48. The van der Waals surface area contributed by atoms with E-state index in [0.29, 0.717) is 31.2 Å². The van der Waals surface area contributed by atoms with E-state index < -0.39 is 19.0 Å². The number of ether oxygens (including phenoxy) is 1. The van der Waals surface area contributed by atoms with Crippen molar-refractivity contribution in [2.75, 3.05) is 38.1 Å². The minimum Gasteiger partial charge on any atom is -0.508 e. The number of hydrogen-bond acceptors (Lipinski definition) is 5. The van der Waals surface area contributed by atoms with E-state index in [9.17, 15) is 13.9 Å². The number of halogens is 2. The Balaban J connectivity index is 1.58. The summed E-state index contributed by atoms with van der Waals surface area (Å²) in [5.74, 6) is 0.343. The summed E-state index contributed by atoms with van der Waals surface area (Å²) in [5.41, 5.74) is 0.874. The molecule has 3 aliphatic rings. The molecule has 0 spiro atoms. The fourth-order valence-electron chi connectivity index (χ4n) is 4.39. The maximum absolute atomic E-state index is 14.1. The Morgan fingerprint density at radius 2 is 1.86 bits per heavy atom. The van der Waals surface area contributed by atoms with Crippen LogP contribution in [0, 0.1) is 0 Å². The Kier molecular flexibility index (Phi) is 4.03.